The third-order valence-electron chi connectivity index (χ3n) is 4.30. The summed E-state index contributed by atoms with van der Waals surface area (Å²) < 4.78 is 10.6. The third-order valence-corrected chi connectivity index (χ3v) is 4.30. The van der Waals surface area contributed by atoms with Crippen LogP contribution in [0.1, 0.15) is 22.8 Å². The fraction of sp³-hybridized carbons (Fsp3) is 0.0870. The standard InChI is InChI=1S/C23H19N3O3/c1-16-7-5-10-18(13-16)22-25-21(29-26-22)15-24-23(27)20(14-19-11-6-12-28-19)17-8-3-2-4-9-17/h2-14H,15H2,1H3,(H,24,27)/b20-14+. The number of amides is 1. The normalized spacial score (nSPS) is 11.4. The van der Waals surface area contributed by atoms with Crippen LogP contribution in [0, 0.1) is 6.92 Å². The molecule has 0 saturated heterocycles. The van der Waals surface area contributed by atoms with E-state index in [1.807, 2.05) is 61.5 Å². The van der Waals surface area contributed by atoms with Crippen LogP contribution >= 0.6 is 0 Å². The van der Waals surface area contributed by atoms with Gasteiger partial charge in [0, 0.05) is 5.56 Å². The highest BCUT2D eigenvalue weighted by Crippen LogP contribution is 2.20. The van der Waals surface area contributed by atoms with Gasteiger partial charge in [-0.1, -0.05) is 59.3 Å². The molecule has 0 bridgehead atoms. The number of hydrogen-bond acceptors (Lipinski definition) is 5. The molecule has 0 atom stereocenters. The second kappa shape index (κ2) is 8.39. The van der Waals surface area contributed by atoms with E-state index in [-0.39, 0.29) is 12.5 Å². The predicted molar refractivity (Wildman–Crippen MR) is 109 cm³/mol. The molecular formula is C23H19N3O3. The van der Waals surface area contributed by atoms with E-state index in [0.29, 0.717) is 23.0 Å². The van der Waals surface area contributed by atoms with Crippen molar-refractivity contribution in [3.8, 4) is 11.4 Å². The van der Waals surface area contributed by atoms with Crippen LogP contribution in [-0.4, -0.2) is 16.0 Å². The van der Waals surface area contributed by atoms with E-state index in [0.717, 1.165) is 16.7 Å². The van der Waals surface area contributed by atoms with Crippen molar-refractivity contribution in [2.45, 2.75) is 13.5 Å². The van der Waals surface area contributed by atoms with Crippen LogP contribution in [0.5, 0.6) is 0 Å². The molecule has 1 N–H and O–H groups in total. The van der Waals surface area contributed by atoms with Crippen molar-refractivity contribution < 1.29 is 13.7 Å². The SMILES string of the molecule is Cc1cccc(-c2noc(CNC(=O)/C(=C/c3ccco3)c3ccccc3)n2)c1. The van der Waals surface area contributed by atoms with Gasteiger partial charge in [0.05, 0.1) is 18.4 Å². The number of nitrogens with one attached hydrogen (secondary N) is 1. The van der Waals surface area contributed by atoms with Gasteiger partial charge in [-0.2, -0.15) is 4.98 Å². The van der Waals surface area contributed by atoms with Crippen molar-refractivity contribution in [1.82, 2.24) is 15.5 Å². The maximum absolute atomic E-state index is 12.9. The zero-order valence-electron chi connectivity index (χ0n) is 15.8. The third kappa shape index (κ3) is 4.50. The summed E-state index contributed by atoms with van der Waals surface area (Å²) in [6, 6.07) is 20.8. The minimum atomic E-state index is -0.261. The lowest BCUT2D eigenvalue weighted by atomic mass is 10.0. The van der Waals surface area contributed by atoms with Gasteiger partial charge < -0.3 is 14.3 Å². The highest BCUT2D eigenvalue weighted by molar-refractivity contribution is 6.23. The molecule has 4 rings (SSSR count). The van der Waals surface area contributed by atoms with E-state index in [4.69, 9.17) is 8.94 Å². The summed E-state index contributed by atoms with van der Waals surface area (Å²) in [4.78, 5) is 17.2. The average Bonchev–Trinajstić information content (AvgIpc) is 3.43. The Morgan fingerprint density at radius 1 is 1.07 bits per heavy atom. The molecule has 144 valence electrons. The number of carbonyl (C=O) groups excluding carboxylic acids is 1. The number of rotatable bonds is 6. The molecule has 0 aliphatic heterocycles. The number of carbonyl (C=O) groups is 1. The number of hydrogen-bond donors (Lipinski definition) is 1. The highest BCUT2D eigenvalue weighted by Gasteiger charge is 2.15. The monoisotopic (exact) mass is 385 g/mol. The van der Waals surface area contributed by atoms with E-state index >= 15 is 0 Å². The van der Waals surface area contributed by atoms with Crippen LogP contribution < -0.4 is 5.32 Å². The molecule has 0 radical (unpaired) electrons. The van der Waals surface area contributed by atoms with Crippen molar-refractivity contribution in [2.24, 2.45) is 0 Å². The molecule has 0 spiro atoms. The summed E-state index contributed by atoms with van der Waals surface area (Å²) in [6.07, 6.45) is 3.27. The smallest absolute Gasteiger partial charge is 0.252 e. The number of benzene rings is 2. The molecule has 2 aromatic heterocycles. The molecule has 0 aliphatic rings. The van der Waals surface area contributed by atoms with Crippen LogP contribution in [0.15, 0.2) is 81.9 Å². The average molecular weight is 385 g/mol. The van der Waals surface area contributed by atoms with Gasteiger partial charge >= 0.3 is 0 Å². The maximum Gasteiger partial charge on any atom is 0.252 e. The van der Waals surface area contributed by atoms with Crippen molar-refractivity contribution in [2.75, 3.05) is 0 Å². The molecule has 4 aromatic rings. The number of aryl methyl sites for hydroxylation is 1. The minimum absolute atomic E-state index is 0.125. The van der Waals surface area contributed by atoms with E-state index in [1.54, 1.807) is 24.5 Å². The Morgan fingerprint density at radius 2 is 1.93 bits per heavy atom. The fourth-order valence-electron chi connectivity index (χ4n) is 2.89. The predicted octanol–water partition coefficient (Wildman–Crippen LogP) is 4.50. The Bertz CT molecular complexity index is 1130. The number of furan rings is 1. The summed E-state index contributed by atoms with van der Waals surface area (Å²) in [5.74, 6) is 1.16. The molecule has 0 fully saturated rings. The first-order valence-electron chi connectivity index (χ1n) is 9.17. The molecule has 6 heteroatoms. The highest BCUT2D eigenvalue weighted by atomic mass is 16.5. The van der Waals surface area contributed by atoms with Gasteiger partial charge in [-0.05, 0) is 36.8 Å². The summed E-state index contributed by atoms with van der Waals surface area (Å²) in [5.41, 5.74) is 3.25. The second-order valence-corrected chi connectivity index (χ2v) is 6.50. The summed E-state index contributed by atoms with van der Waals surface area (Å²) in [6.45, 7) is 2.13. The molecule has 0 saturated carbocycles. The van der Waals surface area contributed by atoms with Gasteiger partial charge in [-0.15, -0.1) is 0 Å². The van der Waals surface area contributed by atoms with Gasteiger partial charge in [0.1, 0.15) is 5.76 Å². The zero-order chi connectivity index (χ0) is 20.1. The summed E-state index contributed by atoms with van der Waals surface area (Å²) >= 11 is 0. The minimum Gasteiger partial charge on any atom is -0.465 e. The Morgan fingerprint density at radius 3 is 2.69 bits per heavy atom. The number of nitrogens with zero attached hydrogens (tertiary/aromatic N) is 2. The lowest BCUT2D eigenvalue weighted by molar-refractivity contribution is -0.115. The van der Waals surface area contributed by atoms with E-state index < -0.39 is 0 Å². The lowest BCUT2D eigenvalue weighted by Crippen LogP contribution is -2.24. The van der Waals surface area contributed by atoms with Crippen LogP contribution in [-0.2, 0) is 11.3 Å². The molecule has 6 nitrogen and oxygen atoms in total. The van der Waals surface area contributed by atoms with E-state index in [2.05, 4.69) is 15.5 Å². The van der Waals surface area contributed by atoms with Gasteiger partial charge in [-0.3, -0.25) is 4.79 Å². The first-order valence-corrected chi connectivity index (χ1v) is 9.17. The van der Waals surface area contributed by atoms with Gasteiger partial charge in [-0.25, -0.2) is 0 Å². The van der Waals surface area contributed by atoms with E-state index in [9.17, 15) is 4.79 Å². The summed E-state index contributed by atoms with van der Waals surface area (Å²) in [5, 5.41) is 6.84. The topological polar surface area (TPSA) is 81.2 Å². The van der Waals surface area contributed by atoms with Crippen LogP contribution in [0.4, 0.5) is 0 Å². The van der Waals surface area contributed by atoms with Crippen LogP contribution in [0.2, 0.25) is 0 Å². The van der Waals surface area contributed by atoms with Gasteiger partial charge in [0.25, 0.3) is 5.91 Å². The quantitative estimate of drug-likeness (QED) is 0.495. The van der Waals surface area contributed by atoms with Gasteiger partial charge in [0.2, 0.25) is 11.7 Å². The Balaban J connectivity index is 1.50. The Kier molecular flexibility index (Phi) is 5.33. The van der Waals surface area contributed by atoms with Gasteiger partial charge in [0.15, 0.2) is 0 Å². The molecule has 1 amide bonds. The molecule has 2 aromatic carbocycles. The second-order valence-electron chi connectivity index (χ2n) is 6.50. The van der Waals surface area contributed by atoms with Crippen molar-refractivity contribution in [3.05, 3.63) is 95.8 Å². The first kappa shape index (κ1) is 18.4. The maximum atomic E-state index is 12.9. The molecule has 0 aliphatic carbocycles. The van der Waals surface area contributed by atoms with Crippen LogP contribution in [0.3, 0.4) is 0 Å². The van der Waals surface area contributed by atoms with Crippen LogP contribution in [0.25, 0.3) is 23.0 Å². The molecule has 0 unspecified atom stereocenters. The molecular weight excluding hydrogens is 366 g/mol. The van der Waals surface area contributed by atoms with Crippen molar-refractivity contribution >= 4 is 17.6 Å². The Labute approximate surface area is 167 Å². The van der Waals surface area contributed by atoms with E-state index in [1.165, 1.54) is 0 Å². The lowest BCUT2D eigenvalue weighted by Gasteiger charge is -2.07. The number of aromatic nitrogens is 2. The Hall–Kier alpha value is -3.93. The molecule has 2 heterocycles. The largest absolute Gasteiger partial charge is 0.465 e. The fourth-order valence-corrected chi connectivity index (χ4v) is 2.89. The summed E-state index contributed by atoms with van der Waals surface area (Å²) in [7, 11) is 0. The molecule has 29 heavy (non-hydrogen) atoms. The zero-order valence-corrected chi connectivity index (χ0v) is 15.8. The van der Waals surface area contributed by atoms with Crippen molar-refractivity contribution in [3.63, 3.8) is 0 Å². The first-order chi connectivity index (χ1) is 14.2. The van der Waals surface area contributed by atoms with Crippen molar-refractivity contribution in [1.29, 1.82) is 0 Å².